The molecule has 0 fully saturated rings. The summed E-state index contributed by atoms with van der Waals surface area (Å²) in [6.07, 6.45) is 0.662. The van der Waals surface area contributed by atoms with Gasteiger partial charge in [-0.05, 0) is 20.3 Å². The highest BCUT2D eigenvalue weighted by atomic mass is 32.2. The van der Waals surface area contributed by atoms with E-state index in [2.05, 4.69) is 5.32 Å². The fourth-order valence-corrected chi connectivity index (χ4v) is 2.17. The van der Waals surface area contributed by atoms with Crippen LogP contribution >= 0.6 is 0 Å². The Kier molecular flexibility index (Phi) is 7.80. The van der Waals surface area contributed by atoms with Gasteiger partial charge >= 0.3 is 5.97 Å². The van der Waals surface area contributed by atoms with Gasteiger partial charge < -0.3 is 10.4 Å². The van der Waals surface area contributed by atoms with E-state index in [1.807, 2.05) is 13.8 Å². The normalized spacial score (nSPS) is 12.4. The van der Waals surface area contributed by atoms with Crippen molar-refractivity contribution >= 4 is 22.7 Å². The SMILES string of the molecule is CC(C)NC(=O)CCS(=O)CCCC(=O)O. The molecule has 0 spiro atoms. The van der Waals surface area contributed by atoms with Gasteiger partial charge in [0.1, 0.15) is 0 Å². The Morgan fingerprint density at radius 1 is 1.25 bits per heavy atom. The molecule has 0 aromatic rings. The van der Waals surface area contributed by atoms with Gasteiger partial charge in [0.2, 0.25) is 5.91 Å². The average Bonchev–Trinajstić information content (AvgIpc) is 2.13. The number of hydrogen-bond acceptors (Lipinski definition) is 3. The maximum Gasteiger partial charge on any atom is 0.303 e. The molecule has 0 saturated heterocycles. The molecule has 5 nitrogen and oxygen atoms in total. The van der Waals surface area contributed by atoms with Crippen molar-refractivity contribution in [2.45, 2.75) is 39.2 Å². The number of hydrogen-bond donors (Lipinski definition) is 2. The maximum absolute atomic E-state index is 11.4. The molecule has 1 atom stereocenters. The fraction of sp³-hybridized carbons (Fsp3) is 0.800. The molecule has 0 aliphatic heterocycles. The van der Waals surface area contributed by atoms with E-state index >= 15 is 0 Å². The van der Waals surface area contributed by atoms with Gasteiger partial charge in [0.05, 0.1) is 0 Å². The van der Waals surface area contributed by atoms with Crippen molar-refractivity contribution in [3.63, 3.8) is 0 Å². The van der Waals surface area contributed by atoms with Crippen LogP contribution < -0.4 is 5.32 Å². The molecule has 94 valence electrons. The van der Waals surface area contributed by atoms with E-state index in [1.54, 1.807) is 0 Å². The second kappa shape index (κ2) is 8.27. The van der Waals surface area contributed by atoms with E-state index in [4.69, 9.17) is 5.11 Å². The van der Waals surface area contributed by atoms with Crippen molar-refractivity contribution in [2.24, 2.45) is 0 Å². The Morgan fingerprint density at radius 2 is 1.88 bits per heavy atom. The Bertz CT molecular complexity index is 266. The first kappa shape index (κ1) is 15.1. The number of nitrogens with one attached hydrogen (secondary N) is 1. The lowest BCUT2D eigenvalue weighted by Gasteiger charge is -2.07. The minimum Gasteiger partial charge on any atom is -0.481 e. The molecule has 0 aliphatic carbocycles. The quantitative estimate of drug-likeness (QED) is 0.656. The van der Waals surface area contributed by atoms with E-state index in [0.717, 1.165) is 0 Å². The molecule has 1 amide bonds. The minimum absolute atomic E-state index is 0.0317. The summed E-state index contributed by atoms with van der Waals surface area (Å²) in [6, 6.07) is 0.0907. The number of rotatable bonds is 8. The van der Waals surface area contributed by atoms with E-state index < -0.39 is 16.8 Å². The van der Waals surface area contributed by atoms with Crippen LogP contribution in [0.25, 0.3) is 0 Å². The molecule has 0 aromatic heterocycles. The standard InChI is InChI=1S/C10H19NO4S/c1-8(2)11-9(12)5-7-16(15)6-3-4-10(13)14/h8H,3-7H2,1-2H3,(H,11,12)(H,13,14). The maximum atomic E-state index is 11.4. The van der Waals surface area contributed by atoms with Crippen LogP contribution in [-0.4, -0.2) is 38.7 Å². The van der Waals surface area contributed by atoms with Gasteiger partial charge in [0.15, 0.2) is 0 Å². The van der Waals surface area contributed by atoms with Crippen LogP contribution in [0.15, 0.2) is 0 Å². The molecule has 0 heterocycles. The third kappa shape index (κ3) is 9.64. The topological polar surface area (TPSA) is 83.5 Å². The summed E-state index contributed by atoms with van der Waals surface area (Å²) in [5, 5.41) is 11.1. The predicted molar refractivity (Wildman–Crippen MR) is 62.6 cm³/mol. The Hall–Kier alpha value is -0.910. The molecule has 1 unspecified atom stereocenters. The summed E-state index contributed by atoms with van der Waals surface area (Å²) in [5.41, 5.74) is 0. The third-order valence-electron chi connectivity index (χ3n) is 1.77. The van der Waals surface area contributed by atoms with Crippen LogP contribution in [0.1, 0.15) is 33.1 Å². The highest BCUT2D eigenvalue weighted by Gasteiger charge is 2.07. The molecular weight excluding hydrogens is 230 g/mol. The number of carbonyl (C=O) groups is 2. The van der Waals surface area contributed by atoms with Gasteiger partial charge in [-0.1, -0.05) is 0 Å². The molecule has 6 heteroatoms. The van der Waals surface area contributed by atoms with Gasteiger partial charge in [-0.25, -0.2) is 0 Å². The van der Waals surface area contributed by atoms with Crippen LogP contribution in [0.4, 0.5) is 0 Å². The highest BCUT2D eigenvalue weighted by Crippen LogP contribution is 1.96. The predicted octanol–water partition coefficient (Wildman–Crippen LogP) is 0.515. The van der Waals surface area contributed by atoms with Gasteiger partial charge in [-0.2, -0.15) is 0 Å². The van der Waals surface area contributed by atoms with Gasteiger partial charge in [-0.3, -0.25) is 13.8 Å². The fourth-order valence-electron chi connectivity index (χ4n) is 1.09. The van der Waals surface area contributed by atoms with Crippen molar-refractivity contribution in [3.8, 4) is 0 Å². The average molecular weight is 249 g/mol. The second-order valence-corrected chi connectivity index (χ2v) is 5.51. The van der Waals surface area contributed by atoms with E-state index in [1.165, 1.54) is 0 Å². The van der Waals surface area contributed by atoms with Gasteiger partial charge in [0, 0.05) is 41.2 Å². The number of carbonyl (C=O) groups excluding carboxylic acids is 1. The lowest BCUT2D eigenvalue weighted by Crippen LogP contribution is -2.31. The summed E-state index contributed by atoms with van der Waals surface area (Å²) < 4.78 is 11.4. The molecule has 0 aromatic carbocycles. The van der Waals surface area contributed by atoms with Crippen molar-refractivity contribution in [3.05, 3.63) is 0 Å². The van der Waals surface area contributed by atoms with Gasteiger partial charge in [0.25, 0.3) is 0 Å². The zero-order valence-corrected chi connectivity index (χ0v) is 10.5. The van der Waals surface area contributed by atoms with Crippen LogP contribution in [0, 0.1) is 0 Å². The molecule has 0 bridgehead atoms. The minimum atomic E-state index is -1.10. The van der Waals surface area contributed by atoms with Crippen LogP contribution in [0.3, 0.4) is 0 Å². The summed E-state index contributed by atoms with van der Waals surface area (Å²) >= 11 is 0. The summed E-state index contributed by atoms with van der Waals surface area (Å²) in [5.74, 6) is -0.337. The first-order valence-electron chi connectivity index (χ1n) is 5.28. The van der Waals surface area contributed by atoms with Crippen LogP contribution in [0.5, 0.6) is 0 Å². The Labute approximate surface area is 98.1 Å². The van der Waals surface area contributed by atoms with Gasteiger partial charge in [-0.15, -0.1) is 0 Å². The van der Waals surface area contributed by atoms with Crippen molar-refractivity contribution in [2.75, 3.05) is 11.5 Å². The second-order valence-electron chi connectivity index (χ2n) is 3.82. The summed E-state index contributed by atoms with van der Waals surface area (Å²) in [7, 11) is -1.10. The molecule has 2 N–H and O–H groups in total. The lowest BCUT2D eigenvalue weighted by molar-refractivity contribution is -0.137. The van der Waals surface area contributed by atoms with E-state index in [0.29, 0.717) is 17.9 Å². The van der Waals surface area contributed by atoms with Crippen molar-refractivity contribution < 1.29 is 18.9 Å². The van der Waals surface area contributed by atoms with Crippen LogP contribution in [0.2, 0.25) is 0 Å². The monoisotopic (exact) mass is 249 g/mol. The van der Waals surface area contributed by atoms with Crippen LogP contribution in [-0.2, 0) is 20.4 Å². The van der Waals surface area contributed by atoms with Crippen molar-refractivity contribution in [1.29, 1.82) is 0 Å². The first-order chi connectivity index (χ1) is 7.41. The number of amides is 1. The largest absolute Gasteiger partial charge is 0.481 e. The smallest absolute Gasteiger partial charge is 0.303 e. The van der Waals surface area contributed by atoms with E-state index in [-0.39, 0.29) is 24.8 Å². The summed E-state index contributed by atoms with van der Waals surface area (Å²) in [4.78, 5) is 21.4. The molecule has 16 heavy (non-hydrogen) atoms. The van der Waals surface area contributed by atoms with E-state index in [9.17, 15) is 13.8 Å². The Morgan fingerprint density at radius 3 is 2.38 bits per heavy atom. The zero-order valence-electron chi connectivity index (χ0n) is 9.69. The summed E-state index contributed by atoms with van der Waals surface area (Å²) in [6.45, 7) is 3.73. The highest BCUT2D eigenvalue weighted by molar-refractivity contribution is 7.84. The molecule has 0 rings (SSSR count). The first-order valence-corrected chi connectivity index (χ1v) is 6.76. The molecule has 0 aliphatic rings. The number of carboxylic acid groups (broad SMARTS) is 1. The molecular formula is C10H19NO4S. The molecule has 0 saturated carbocycles. The third-order valence-corrected chi connectivity index (χ3v) is 3.17. The lowest BCUT2D eigenvalue weighted by atomic mass is 10.3. The number of carboxylic acids is 1. The van der Waals surface area contributed by atoms with Crippen molar-refractivity contribution in [1.82, 2.24) is 5.32 Å². The molecule has 0 radical (unpaired) electrons. The zero-order chi connectivity index (χ0) is 12.6. The number of aliphatic carboxylic acids is 1. The Balaban J connectivity index is 3.57.